The van der Waals surface area contributed by atoms with Gasteiger partial charge in [0.1, 0.15) is 13.2 Å². The van der Waals surface area contributed by atoms with Gasteiger partial charge in [0.05, 0.1) is 6.61 Å². The van der Waals surface area contributed by atoms with Crippen LogP contribution in [0.2, 0.25) is 0 Å². The Kier molecular flexibility index (Phi) is 5.11. The predicted octanol–water partition coefficient (Wildman–Crippen LogP) is 0.0809. The van der Waals surface area contributed by atoms with E-state index in [1.165, 1.54) is 0 Å². The van der Waals surface area contributed by atoms with Crippen molar-refractivity contribution in [3.05, 3.63) is 58.9 Å². The molecule has 1 aromatic carbocycles. The van der Waals surface area contributed by atoms with Crippen LogP contribution in [0.5, 0.6) is 0 Å². The molecule has 8 heteroatoms. The van der Waals surface area contributed by atoms with Crippen molar-refractivity contribution in [2.45, 2.75) is 20.1 Å². The van der Waals surface area contributed by atoms with Gasteiger partial charge in [-0.05, 0) is 47.3 Å². The summed E-state index contributed by atoms with van der Waals surface area (Å²) in [5.74, 6) is -0.937. The number of esters is 1. The average Bonchev–Trinajstić information content (AvgIpc) is 3.01. The van der Waals surface area contributed by atoms with Crippen molar-refractivity contribution in [1.82, 2.24) is 10.3 Å². The van der Waals surface area contributed by atoms with Crippen LogP contribution < -0.4 is 10.8 Å². The first-order chi connectivity index (χ1) is 12.1. The Morgan fingerprint density at radius 2 is 2.08 bits per heavy atom. The summed E-state index contributed by atoms with van der Waals surface area (Å²) in [6.45, 7) is 1.95. The van der Waals surface area contributed by atoms with Gasteiger partial charge in [-0.2, -0.15) is 0 Å². The highest BCUT2D eigenvalue weighted by molar-refractivity contribution is 6.62. The molecule has 1 amide bonds. The summed E-state index contributed by atoms with van der Waals surface area (Å²) >= 11 is 0. The van der Waals surface area contributed by atoms with Gasteiger partial charge in [0.2, 0.25) is 0 Å². The number of benzene rings is 1. The SMILES string of the molecule is Cc1c(C(=O)NCC(=O)OCc2ccncc2)ccc2c1B(O)OC2. The predicted molar refractivity (Wildman–Crippen MR) is 89.9 cm³/mol. The lowest BCUT2D eigenvalue weighted by Crippen LogP contribution is -2.35. The van der Waals surface area contributed by atoms with Crippen LogP contribution in [0.4, 0.5) is 0 Å². The second-order valence-electron chi connectivity index (χ2n) is 5.67. The maximum absolute atomic E-state index is 12.3. The van der Waals surface area contributed by atoms with Crippen LogP contribution in [0, 0.1) is 6.92 Å². The van der Waals surface area contributed by atoms with Crippen LogP contribution in [0.15, 0.2) is 36.7 Å². The molecule has 0 bridgehead atoms. The molecule has 0 saturated carbocycles. The quantitative estimate of drug-likeness (QED) is 0.591. The standard InChI is InChI=1S/C17H17BN2O5/c1-11-14(3-2-13-10-25-18(23)16(11)13)17(22)20-8-15(21)24-9-12-4-6-19-7-5-12/h2-7,23H,8-10H2,1H3,(H,20,22). The third-order valence-corrected chi connectivity index (χ3v) is 4.04. The minimum absolute atomic E-state index is 0.124. The lowest BCUT2D eigenvalue weighted by molar-refractivity contribution is -0.143. The normalized spacial score (nSPS) is 12.6. The van der Waals surface area contributed by atoms with Gasteiger partial charge >= 0.3 is 13.1 Å². The smallest absolute Gasteiger partial charge is 0.460 e. The van der Waals surface area contributed by atoms with E-state index >= 15 is 0 Å². The number of amides is 1. The summed E-state index contributed by atoms with van der Waals surface area (Å²) in [6.07, 6.45) is 3.22. The highest BCUT2D eigenvalue weighted by Crippen LogP contribution is 2.16. The summed E-state index contributed by atoms with van der Waals surface area (Å²) in [6, 6.07) is 6.89. The van der Waals surface area contributed by atoms with Crippen LogP contribution in [0.1, 0.15) is 27.0 Å². The number of nitrogens with zero attached hydrogens (tertiary/aromatic N) is 1. The Labute approximate surface area is 145 Å². The molecule has 0 spiro atoms. The minimum Gasteiger partial charge on any atom is -0.460 e. The van der Waals surface area contributed by atoms with E-state index in [4.69, 9.17) is 9.39 Å². The summed E-state index contributed by atoms with van der Waals surface area (Å²) in [5.41, 5.74) is 3.33. The van der Waals surface area contributed by atoms with Crippen molar-refractivity contribution in [3.8, 4) is 0 Å². The fourth-order valence-corrected chi connectivity index (χ4v) is 2.69. The van der Waals surface area contributed by atoms with Crippen molar-refractivity contribution in [3.63, 3.8) is 0 Å². The number of ether oxygens (including phenoxy) is 1. The first-order valence-corrected chi connectivity index (χ1v) is 7.81. The molecule has 0 fully saturated rings. The van der Waals surface area contributed by atoms with E-state index < -0.39 is 19.0 Å². The Bertz CT molecular complexity index is 797. The van der Waals surface area contributed by atoms with Crippen molar-refractivity contribution >= 4 is 24.5 Å². The van der Waals surface area contributed by atoms with Gasteiger partial charge in [-0.15, -0.1) is 0 Å². The maximum Gasteiger partial charge on any atom is 0.492 e. The summed E-state index contributed by atoms with van der Waals surface area (Å²) in [4.78, 5) is 27.9. The second kappa shape index (κ2) is 7.46. The van der Waals surface area contributed by atoms with Crippen LogP contribution in [0.25, 0.3) is 0 Å². The molecule has 2 heterocycles. The van der Waals surface area contributed by atoms with Gasteiger partial charge < -0.3 is 19.7 Å². The average molecular weight is 340 g/mol. The fourth-order valence-electron chi connectivity index (χ4n) is 2.69. The summed E-state index contributed by atoms with van der Waals surface area (Å²) in [7, 11) is -1.02. The summed E-state index contributed by atoms with van der Waals surface area (Å²) < 4.78 is 10.3. The van der Waals surface area contributed by atoms with Crippen LogP contribution in [-0.4, -0.2) is 35.5 Å². The number of fused-ring (bicyclic) bond motifs is 1. The molecule has 0 aliphatic carbocycles. The van der Waals surface area contributed by atoms with Gasteiger partial charge in [0, 0.05) is 18.0 Å². The van der Waals surface area contributed by atoms with Crippen molar-refractivity contribution in [2.75, 3.05) is 6.54 Å². The first-order valence-electron chi connectivity index (χ1n) is 7.81. The lowest BCUT2D eigenvalue weighted by atomic mass is 9.75. The van der Waals surface area contributed by atoms with E-state index in [0.717, 1.165) is 11.1 Å². The molecule has 0 saturated heterocycles. The molecule has 0 atom stereocenters. The molecule has 25 heavy (non-hydrogen) atoms. The molecule has 128 valence electrons. The highest BCUT2D eigenvalue weighted by atomic mass is 16.5. The number of hydrogen-bond donors (Lipinski definition) is 2. The van der Waals surface area contributed by atoms with E-state index in [0.29, 0.717) is 23.2 Å². The molecule has 7 nitrogen and oxygen atoms in total. The lowest BCUT2D eigenvalue weighted by Gasteiger charge is -2.11. The molecule has 2 aromatic rings. The Morgan fingerprint density at radius 3 is 2.84 bits per heavy atom. The highest BCUT2D eigenvalue weighted by Gasteiger charge is 2.31. The monoisotopic (exact) mass is 340 g/mol. The van der Waals surface area contributed by atoms with Crippen molar-refractivity contribution in [2.24, 2.45) is 0 Å². The number of aromatic nitrogens is 1. The van der Waals surface area contributed by atoms with Crippen LogP contribution in [-0.2, 0) is 27.4 Å². The second-order valence-corrected chi connectivity index (χ2v) is 5.67. The van der Waals surface area contributed by atoms with Crippen molar-refractivity contribution in [1.29, 1.82) is 0 Å². The van der Waals surface area contributed by atoms with Crippen LogP contribution >= 0.6 is 0 Å². The largest absolute Gasteiger partial charge is 0.492 e. The Hall–Kier alpha value is -2.71. The van der Waals surface area contributed by atoms with Gasteiger partial charge in [-0.25, -0.2) is 0 Å². The zero-order chi connectivity index (χ0) is 17.8. The molecule has 1 aliphatic rings. The molecule has 2 N–H and O–H groups in total. The minimum atomic E-state index is -1.02. The third-order valence-electron chi connectivity index (χ3n) is 4.04. The van der Waals surface area contributed by atoms with Gasteiger partial charge in [-0.1, -0.05) is 6.07 Å². The van der Waals surface area contributed by atoms with E-state index in [2.05, 4.69) is 10.3 Å². The third kappa shape index (κ3) is 3.86. The number of nitrogens with one attached hydrogen (secondary N) is 1. The van der Waals surface area contributed by atoms with E-state index in [-0.39, 0.29) is 13.2 Å². The molecular weight excluding hydrogens is 323 g/mol. The van der Waals surface area contributed by atoms with Gasteiger partial charge in [-0.3, -0.25) is 14.6 Å². The Balaban J connectivity index is 1.56. The van der Waals surface area contributed by atoms with E-state index in [1.807, 2.05) is 0 Å². The molecule has 0 radical (unpaired) electrons. The zero-order valence-electron chi connectivity index (χ0n) is 13.7. The van der Waals surface area contributed by atoms with Crippen LogP contribution in [0.3, 0.4) is 0 Å². The molecule has 3 rings (SSSR count). The topological polar surface area (TPSA) is 97.8 Å². The summed E-state index contributed by atoms with van der Waals surface area (Å²) in [5, 5.41) is 12.4. The molecular formula is C17H17BN2O5. The molecule has 1 aromatic heterocycles. The number of carbonyl (C=O) groups is 2. The number of hydrogen-bond acceptors (Lipinski definition) is 6. The zero-order valence-corrected chi connectivity index (χ0v) is 13.7. The van der Waals surface area contributed by atoms with E-state index in [1.54, 1.807) is 43.6 Å². The Morgan fingerprint density at radius 1 is 1.32 bits per heavy atom. The van der Waals surface area contributed by atoms with E-state index in [9.17, 15) is 14.6 Å². The first kappa shape index (κ1) is 17.1. The molecule has 0 unspecified atom stereocenters. The fraction of sp³-hybridized carbons (Fsp3) is 0.235. The number of pyridine rings is 1. The van der Waals surface area contributed by atoms with Crippen molar-refractivity contribution < 1.29 is 24.0 Å². The van der Waals surface area contributed by atoms with Gasteiger partial charge in [0.25, 0.3) is 5.91 Å². The van der Waals surface area contributed by atoms with Gasteiger partial charge in [0.15, 0.2) is 0 Å². The number of carbonyl (C=O) groups excluding carboxylic acids is 2. The molecule has 1 aliphatic heterocycles. The maximum atomic E-state index is 12.3. The number of rotatable bonds is 5.